The van der Waals surface area contributed by atoms with E-state index in [4.69, 9.17) is 4.42 Å². The molecule has 4 heterocycles. The highest BCUT2D eigenvalue weighted by Gasteiger charge is 2.42. The summed E-state index contributed by atoms with van der Waals surface area (Å²) >= 11 is 1.55. The first-order chi connectivity index (χ1) is 13.7. The summed E-state index contributed by atoms with van der Waals surface area (Å²) in [6.45, 7) is 1.28. The van der Waals surface area contributed by atoms with Gasteiger partial charge in [-0.1, -0.05) is 18.2 Å². The van der Waals surface area contributed by atoms with Gasteiger partial charge in [-0.3, -0.25) is 9.59 Å². The van der Waals surface area contributed by atoms with E-state index in [1.165, 1.54) is 0 Å². The number of aromatic nitrogens is 2. The number of carbonyl (C=O) groups excluding carboxylic acids is 1. The van der Waals surface area contributed by atoms with Crippen LogP contribution >= 0.6 is 11.3 Å². The van der Waals surface area contributed by atoms with Crippen LogP contribution in [0.3, 0.4) is 0 Å². The van der Waals surface area contributed by atoms with Crippen LogP contribution in [0.4, 0.5) is 0 Å². The average molecular weight is 391 g/mol. The quantitative estimate of drug-likeness (QED) is 0.520. The van der Waals surface area contributed by atoms with Gasteiger partial charge in [0.25, 0.3) is 5.91 Å². The van der Waals surface area contributed by atoms with Gasteiger partial charge in [-0.15, -0.1) is 11.3 Å². The molecular weight excluding hydrogens is 374 g/mol. The monoisotopic (exact) mass is 391 g/mol. The molecule has 0 saturated carbocycles. The van der Waals surface area contributed by atoms with Crippen LogP contribution in [0.1, 0.15) is 33.5 Å². The highest BCUT2D eigenvalue weighted by molar-refractivity contribution is 7.10. The molecule has 5 rings (SSSR count). The lowest BCUT2D eigenvalue weighted by atomic mass is 10.0. The molecule has 1 aliphatic heterocycles. The number of hydrogen-bond donors (Lipinski definition) is 0. The molecule has 3 aromatic heterocycles. The molecule has 6 nitrogen and oxygen atoms in total. The molecule has 7 heteroatoms. The number of amides is 1. The number of thiophene rings is 1. The van der Waals surface area contributed by atoms with Gasteiger partial charge in [0.1, 0.15) is 5.58 Å². The summed E-state index contributed by atoms with van der Waals surface area (Å²) in [6, 6.07) is 10.6. The second kappa shape index (κ2) is 6.76. The van der Waals surface area contributed by atoms with Gasteiger partial charge in [0.05, 0.1) is 23.3 Å². The summed E-state index contributed by atoms with van der Waals surface area (Å²) in [6.07, 6.45) is 6.15. The maximum absolute atomic E-state index is 13.2. The molecular formula is C21H17N3O3S. The summed E-state index contributed by atoms with van der Waals surface area (Å²) in [4.78, 5) is 33.2. The molecule has 28 heavy (non-hydrogen) atoms. The first kappa shape index (κ1) is 16.9. The lowest BCUT2D eigenvalue weighted by Gasteiger charge is -2.23. The van der Waals surface area contributed by atoms with E-state index in [1.54, 1.807) is 47.0 Å². The predicted molar refractivity (Wildman–Crippen MR) is 107 cm³/mol. The van der Waals surface area contributed by atoms with Crippen LogP contribution in [0.15, 0.2) is 69.7 Å². The topological polar surface area (TPSA) is 68.3 Å². The Bertz CT molecular complexity index is 1200. The van der Waals surface area contributed by atoms with Crippen LogP contribution in [0.2, 0.25) is 0 Å². The number of carbonyl (C=O) groups is 1. The number of para-hydroxylation sites is 1. The summed E-state index contributed by atoms with van der Waals surface area (Å²) in [7, 11) is 0. The number of benzene rings is 1. The van der Waals surface area contributed by atoms with Gasteiger partial charge >= 0.3 is 0 Å². The third-order valence-corrected chi connectivity index (χ3v) is 5.99. The largest absolute Gasteiger partial charge is 0.450 e. The Morgan fingerprint density at radius 1 is 1.11 bits per heavy atom. The first-order valence-electron chi connectivity index (χ1n) is 9.10. The van der Waals surface area contributed by atoms with Crippen molar-refractivity contribution in [2.75, 3.05) is 6.54 Å². The zero-order chi connectivity index (χ0) is 19.1. The van der Waals surface area contributed by atoms with Gasteiger partial charge in [-0.05, 0) is 30.0 Å². The minimum absolute atomic E-state index is 0.124. The van der Waals surface area contributed by atoms with E-state index >= 15 is 0 Å². The van der Waals surface area contributed by atoms with Gasteiger partial charge in [0.15, 0.2) is 5.43 Å². The zero-order valence-corrected chi connectivity index (χ0v) is 15.8. The lowest BCUT2D eigenvalue weighted by molar-refractivity contribution is 0.0725. The Labute approximate surface area is 164 Å². The molecule has 0 saturated heterocycles. The van der Waals surface area contributed by atoms with Gasteiger partial charge in [0.2, 0.25) is 5.76 Å². The van der Waals surface area contributed by atoms with Crippen LogP contribution in [0, 0.1) is 0 Å². The lowest BCUT2D eigenvalue weighted by Crippen LogP contribution is -2.30. The standard InChI is InChI=1S/C21H17N3O3S/c25-19-14-5-1-2-6-15(14)27-20-17(19)18(16-7-3-12-28-16)24(21(20)26)10-4-9-23-11-8-22-13-23/h1-3,5-8,11-13,18H,4,9-10H2. The van der Waals surface area contributed by atoms with Crippen molar-refractivity contribution >= 4 is 28.2 Å². The Balaban J connectivity index is 1.57. The van der Waals surface area contributed by atoms with Crippen LogP contribution < -0.4 is 5.43 Å². The van der Waals surface area contributed by atoms with Crippen LogP contribution in [0.25, 0.3) is 11.0 Å². The number of hydrogen-bond acceptors (Lipinski definition) is 5. The van der Waals surface area contributed by atoms with Crippen molar-refractivity contribution in [3.8, 4) is 0 Å². The maximum atomic E-state index is 13.2. The van der Waals surface area contributed by atoms with Crippen molar-refractivity contribution < 1.29 is 9.21 Å². The maximum Gasteiger partial charge on any atom is 0.290 e. The average Bonchev–Trinajstić information content (AvgIpc) is 3.45. The molecule has 1 aromatic carbocycles. The fourth-order valence-electron chi connectivity index (χ4n) is 3.78. The number of imidazole rings is 1. The smallest absolute Gasteiger partial charge is 0.290 e. The minimum Gasteiger partial charge on any atom is -0.450 e. The van der Waals surface area contributed by atoms with E-state index in [-0.39, 0.29) is 17.1 Å². The SMILES string of the molecule is O=C1c2oc3ccccc3c(=O)c2C(c2cccs2)N1CCCn1ccnc1. The first-order valence-corrected chi connectivity index (χ1v) is 9.98. The van der Waals surface area contributed by atoms with E-state index in [2.05, 4.69) is 4.98 Å². The molecule has 1 amide bonds. The second-order valence-electron chi connectivity index (χ2n) is 6.74. The fourth-order valence-corrected chi connectivity index (χ4v) is 4.63. The van der Waals surface area contributed by atoms with E-state index in [1.807, 2.05) is 34.3 Å². The van der Waals surface area contributed by atoms with Crippen molar-refractivity contribution in [2.24, 2.45) is 0 Å². The molecule has 140 valence electrons. The summed E-state index contributed by atoms with van der Waals surface area (Å²) in [5, 5.41) is 2.47. The Kier molecular flexibility index (Phi) is 4.09. The van der Waals surface area contributed by atoms with Crippen LogP contribution in [-0.4, -0.2) is 26.9 Å². The summed E-state index contributed by atoms with van der Waals surface area (Å²) in [5.41, 5.74) is 0.777. The summed E-state index contributed by atoms with van der Waals surface area (Å²) in [5.74, 6) is -0.0494. The molecule has 0 bridgehead atoms. The summed E-state index contributed by atoms with van der Waals surface area (Å²) < 4.78 is 7.88. The second-order valence-corrected chi connectivity index (χ2v) is 7.72. The number of fused-ring (bicyclic) bond motifs is 2. The van der Waals surface area contributed by atoms with Crippen LogP contribution in [-0.2, 0) is 6.54 Å². The fraction of sp³-hybridized carbons (Fsp3) is 0.190. The van der Waals surface area contributed by atoms with E-state index < -0.39 is 6.04 Å². The minimum atomic E-state index is -0.397. The van der Waals surface area contributed by atoms with Gasteiger partial charge in [0, 0.05) is 30.4 Å². The third kappa shape index (κ3) is 2.66. The van der Waals surface area contributed by atoms with Gasteiger partial charge in [-0.25, -0.2) is 4.98 Å². The van der Waals surface area contributed by atoms with Crippen molar-refractivity contribution in [3.05, 3.63) is 86.9 Å². The molecule has 0 radical (unpaired) electrons. The number of rotatable bonds is 5. The van der Waals surface area contributed by atoms with Crippen molar-refractivity contribution in [1.82, 2.24) is 14.5 Å². The van der Waals surface area contributed by atoms with E-state index in [0.29, 0.717) is 23.1 Å². The number of nitrogens with zero attached hydrogens (tertiary/aromatic N) is 3. The number of aryl methyl sites for hydroxylation is 1. The van der Waals surface area contributed by atoms with Crippen molar-refractivity contribution in [2.45, 2.75) is 19.0 Å². The Morgan fingerprint density at radius 3 is 2.79 bits per heavy atom. The third-order valence-electron chi connectivity index (χ3n) is 5.06. The molecule has 0 aliphatic carbocycles. The van der Waals surface area contributed by atoms with Crippen molar-refractivity contribution in [1.29, 1.82) is 0 Å². The highest BCUT2D eigenvalue weighted by Crippen LogP contribution is 2.39. The molecule has 1 unspecified atom stereocenters. The molecule has 4 aromatic rings. The zero-order valence-electron chi connectivity index (χ0n) is 14.9. The molecule has 1 atom stereocenters. The highest BCUT2D eigenvalue weighted by atomic mass is 32.1. The molecule has 0 fully saturated rings. The van der Waals surface area contributed by atoms with Gasteiger partial charge < -0.3 is 13.9 Å². The van der Waals surface area contributed by atoms with Crippen LogP contribution in [0.5, 0.6) is 0 Å². The molecule has 0 spiro atoms. The Morgan fingerprint density at radius 2 is 2.00 bits per heavy atom. The normalized spacial score (nSPS) is 16.1. The predicted octanol–water partition coefficient (Wildman–Crippen LogP) is 3.69. The van der Waals surface area contributed by atoms with E-state index in [9.17, 15) is 9.59 Å². The Hall–Kier alpha value is -3.19. The van der Waals surface area contributed by atoms with E-state index in [0.717, 1.165) is 17.8 Å². The molecule has 0 N–H and O–H groups in total. The van der Waals surface area contributed by atoms with Crippen molar-refractivity contribution in [3.63, 3.8) is 0 Å². The van der Waals surface area contributed by atoms with Gasteiger partial charge in [-0.2, -0.15) is 0 Å². The molecule has 1 aliphatic rings.